The largest absolute Gasteiger partial charge is 0.481 e. The smallest absolute Gasteiger partial charge is 0.310 e. The van der Waals surface area contributed by atoms with Gasteiger partial charge in [0.25, 0.3) is 0 Å². The zero-order valence-electron chi connectivity index (χ0n) is 11.7. The number of carboxylic acids is 1. The Hall–Kier alpha value is -0.570. The minimum absolute atomic E-state index is 0.569. The molecule has 1 N–H and O–H groups in total. The van der Waals surface area contributed by atoms with Crippen LogP contribution in [0.2, 0.25) is 0 Å². The summed E-state index contributed by atoms with van der Waals surface area (Å²) in [4.78, 5) is 13.7. The third-order valence-electron chi connectivity index (χ3n) is 4.14. The average Bonchev–Trinajstić information content (AvgIpc) is 2.66. The number of likely N-dealkylation sites (tertiary alicyclic amines) is 1. The second-order valence-corrected chi connectivity index (χ2v) is 6.14. The lowest BCUT2D eigenvalue weighted by atomic mass is 9.85. The summed E-state index contributed by atoms with van der Waals surface area (Å²) in [7, 11) is 0. The van der Waals surface area contributed by atoms with Crippen LogP contribution in [0, 0.1) is 17.3 Å². The van der Waals surface area contributed by atoms with Crippen LogP contribution in [-0.4, -0.2) is 35.6 Å². The Morgan fingerprint density at radius 2 is 2.18 bits per heavy atom. The fourth-order valence-electron chi connectivity index (χ4n) is 2.85. The summed E-state index contributed by atoms with van der Waals surface area (Å²) in [5, 5.41) is 9.37. The van der Waals surface area contributed by atoms with E-state index < -0.39 is 11.4 Å². The van der Waals surface area contributed by atoms with E-state index in [0.29, 0.717) is 12.5 Å². The summed E-state index contributed by atoms with van der Waals surface area (Å²) < 4.78 is 0. The first kappa shape index (κ1) is 14.5. The van der Waals surface area contributed by atoms with Crippen molar-refractivity contribution >= 4 is 5.97 Å². The van der Waals surface area contributed by atoms with Crippen molar-refractivity contribution in [2.75, 3.05) is 19.6 Å². The number of hydrogen-bond donors (Lipinski definition) is 1. The van der Waals surface area contributed by atoms with Gasteiger partial charge in [0.2, 0.25) is 0 Å². The van der Waals surface area contributed by atoms with Crippen LogP contribution < -0.4 is 0 Å². The number of carbonyl (C=O) groups is 1. The molecule has 1 saturated heterocycles. The van der Waals surface area contributed by atoms with E-state index in [1.807, 2.05) is 6.92 Å². The second-order valence-electron chi connectivity index (χ2n) is 6.14. The Morgan fingerprint density at radius 3 is 2.59 bits per heavy atom. The zero-order valence-corrected chi connectivity index (χ0v) is 11.7. The van der Waals surface area contributed by atoms with E-state index in [1.165, 1.54) is 6.42 Å². The number of nitrogens with zero attached hydrogens (tertiary/aromatic N) is 1. The highest BCUT2D eigenvalue weighted by atomic mass is 16.4. The van der Waals surface area contributed by atoms with E-state index in [1.54, 1.807) is 0 Å². The third-order valence-corrected chi connectivity index (χ3v) is 4.14. The van der Waals surface area contributed by atoms with Gasteiger partial charge in [-0.25, -0.2) is 0 Å². The van der Waals surface area contributed by atoms with Crippen LogP contribution in [0.4, 0.5) is 0 Å². The molecule has 1 fully saturated rings. The molecule has 0 aromatic rings. The topological polar surface area (TPSA) is 40.5 Å². The van der Waals surface area contributed by atoms with Gasteiger partial charge < -0.3 is 10.0 Å². The van der Waals surface area contributed by atoms with Gasteiger partial charge in [-0.05, 0) is 38.1 Å². The molecule has 17 heavy (non-hydrogen) atoms. The Kier molecular flexibility index (Phi) is 4.99. The van der Waals surface area contributed by atoms with Gasteiger partial charge in [-0.1, -0.05) is 27.2 Å². The van der Waals surface area contributed by atoms with Crippen LogP contribution >= 0.6 is 0 Å². The number of carboxylic acid groups (broad SMARTS) is 1. The standard InChI is InChI=1S/C14H27NO2/c1-5-7-14(4,13(16)17)10-15-8-6-12(9-15)11(2)3/h11-12H,5-10H2,1-4H3,(H,16,17). The quantitative estimate of drug-likeness (QED) is 0.777. The van der Waals surface area contributed by atoms with Gasteiger partial charge >= 0.3 is 5.97 Å². The molecule has 1 rings (SSSR count). The van der Waals surface area contributed by atoms with E-state index in [9.17, 15) is 9.90 Å². The van der Waals surface area contributed by atoms with Gasteiger partial charge in [0.15, 0.2) is 0 Å². The highest BCUT2D eigenvalue weighted by molar-refractivity contribution is 5.74. The second kappa shape index (κ2) is 5.85. The molecule has 2 atom stereocenters. The monoisotopic (exact) mass is 241 g/mol. The van der Waals surface area contributed by atoms with Gasteiger partial charge in [0.05, 0.1) is 5.41 Å². The van der Waals surface area contributed by atoms with Gasteiger partial charge in [-0.15, -0.1) is 0 Å². The lowest BCUT2D eigenvalue weighted by Crippen LogP contribution is -2.40. The van der Waals surface area contributed by atoms with Crippen LogP contribution in [0.5, 0.6) is 0 Å². The zero-order chi connectivity index (χ0) is 13.1. The Morgan fingerprint density at radius 1 is 1.53 bits per heavy atom. The minimum atomic E-state index is -0.646. The molecular weight excluding hydrogens is 214 g/mol. The number of aliphatic carboxylic acids is 1. The van der Waals surface area contributed by atoms with Gasteiger partial charge in [-0.2, -0.15) is 0 Å². The summed E-state index contributed by atoms with van der Waals surface area (Å²) in [6.45, 7) is 11.3. The Labute approximate surface area is 105 Å². The molecule has 0 aromatic heterocycles. The molecule has 0 radical (unpaired) electrons. The molecule has 1 aliphatic heterocycles. The average molecular weight is 241 g/mol. The molecule has 2 unspecified atom stereocenters. The van der Waals surface area contributed by atoms with Crippen LogP contribution in [0.1, 0.15) is 47.0 Å². The van der Waals surface area contributed by atoms with Crippen LogP contribution in [0.25, 0.3) is 0 Å². The maximum atomic E-state index is 11.4. The fourth-order valence-corrected chi connectivity index (χ4v) is 2.85. The van der Waals surface area contributed by atoms with E-state index >= 15 is 0 Å². The summed E-state index contributed by atoms with van der Waals surface area (Å²) in [6.07, 6.45) is 2.93. The van der Waals surface area contributed by atoms with Crippen molar-refractivity contribution in [2.45, 2.75) is 47.0 Å². The van der Waals surface area contributed by atoms with Crippen LogP contribution in [0.3, 0.4) is 0 Å². The number of rotatable bonds is 6. The first-order chi connectivity index (χ1) is 7.89. The molecule has 0 amide bonds. The van der Waals surface area contributed by atoms with E-state index in [-0.39, 0.29) is 0 Å². The molecule has 0 aromatic carbocycles. The first-order valence-corrected chi connectivity index (χ1v) is 6.85. The Bertz CT molecular complexity index is 265. The molecule has 3 heteroatoms. The highest BCUT2D eigenvalue weighted by Crippen LogP contribution is 2.30. The first-order valence-electron chi connectivity index (χ1n) is 6.85. The third kappa shape index (κ3) is 3.70. The molecule has 0 spiro atoms. The summed E-state index contributed by atoms with van der Waals surface area (Å²) in [6, 6.07) is 0. The van der Waals surface area contributed by atoms with Crippen molar-refractivity contribution in [3.05, 3.63) is 0 Å². The highest BCUT2D eigenvalue weighted by Gasteiger charge is 2.36. The molecule has 1 heterocycles. The normalized spacial score (nSPS) is 25.1. The van der Waals surface area contributed by atoms with Crippen molar-refractivity contribution in [1.29, 1.82) is 0 Å². The van der Waals surface area contributed by atoms with Crippen molar-refractivity contribution in [1.82, 2.24) is 4.90 Å². The lowest BCUT2D eigenvalue weighted by molar-refractivity contribution is -0.149. The molecule has 3 nitrogen and oxygen atoms in total. The van der Waals surface area contributed by atoms with Crippen molar-refractivity contribution < 1.29 is 9.90 Å². The maximum absolute atomic E-state index is 11.4. The van der Waals surface area contributed by atoms with E-state index in [0.717, 1.165) is 31.8 Å². The van der Waals surface area contributed by atoms with Crippen molar-refractivity contribution in [2.24, 2.45) is 17.3 Å². The van der Waals surface area contributed by atoms with Gasteiger partial charge in [0, 0.05) is 13.1 Å². The Balaban J connectivity index is 2.55. The molecular formula is C14H27NO2. The maximum Gasteiger partial charge on any atom is 0.310 e. The SMILES string of the molecule is CCCC(C)(CN1CCC(C(C)C)C1)C(=O)O. The van der Waals surface area contributed by atoms with Crippen LogP contribution in [-0.2, 0) is 4.79 Å². The predicted molar refractivity (Wildman–Crippen MR) is 70.0 cm³/mol. The summed E-state index contributed by atoms with van der Waals surface area (Å²) in [5.41, 5.74) is -0.569. The molecule has 100 valence electrons. The minimum Gasteiger partial charge on any atom is -0.481 e. The van der Waals surface area contributed by atoms with Gasteiger partial charge in [0.1, 0.15) is 0 Å². The summed E-state index contributed by atoms with van der Waals surface area (Å²) >= 11 is 0. The fraction of sp³-hybridized carbons (Fsp3) is 0.929. The molecule has 0 aliphatic carbocycles. The van der Waals surface area contributed by atoms with Crippen LogP contribution in [0.15, 0.2) is 0 Å². The van der Waals surface area contributed by atoms with Crippen molar-refractivity contribution in [3.63, 3.8) is 0 Å². The lowest BCUT2D eigenvalue weighted by Gasteiger charge is -2.30. The molecule has 0 saturated carbocycles. The number of hydrogen-bond acceptors (Lipinski definition) is 2. The molecule has 0 bridgehead atoms. The summed E-state index contributed by atoms with van der Waals surface area (Å²) in [5.74, 6) is 0.810. The van der Waals surface area contributed by atoms with Crippen molar-refractivity contribution in [3.8, 4) is 0 Å². The molecule has 1 aliphatic rings. The van der Waals surface area contributed by atoms with Gasteiger partial charge in [-0.3, -0.25) is 4.79 Å². The van der Waals surface area contributed by atoms with E-state index in [4.69, 9.17) is 0 Å². The van der Waals surface area contributed by atoms with E-state index in [2.05, 4.69) is 25.7 Å². The predicted octanol–water partition coefficient (Wildman–Crippen LogP) is 2.86.